The monoisotopic (exact) mass is 260 g/mol. The van der Waals surface area contributed by atoms with E-state index in [1.54, 1.807) is 18.5 Å². The van der Waals surface area contributed by atoms with Gasteiger partial charge in [0.1, 0.15) is 0 Å². The molecule has 2 fully saturated rings. The van der Waals surface area contributed by atoms with Gasteiger partial charge in [-0.1, -0.05) is 19.3 Å². The first-order valence-electron chi connectivity index (χ1n) is 7.18. The lowest BCUT2D eigenvalue weighted by Gasteiger charge is -2.42. The summed E-state index contributed by atoms with van der Waals surface area (Å²) in [6.07, 6.45) is 9.80. The second kappa shape index (κ2) is 5.19. The highest BCUT2D eigenvalue weighted by Crippen LogP contribution is 2.37. The number of aromatic nitrogens is 1. The average Bonchev–Trinajstić information content (AvgIpc) is 2.46. The zero-order valence-corrected chi connectivity index (χ0v) is 11.1. The van der Waals surface area contributed by atoms with Gasteiger partial charge < -0.3 is 10.0 Å². The van der Waals surface area contributed by atoms with Crippen LogP contribution in [-0.2, 0) is 0 Å². The van der Waals surface area contributed by atoms with Gasteiger partial charge >= 0.3 is 5.97 Å². The summed E-state index contributed by atoms with van der Waals surface area (Å²) in [5.74, 6) is 0.738. The molecule has 4 nitrogen and oxygen atoms in total. The van der Waals surface area contributed by atoms with E-state index in [1.165, 1.54) is 32.1 Å². The maximum atomic E-state index is 11.3. The summed E-state index contributed by atoms with van der Waals surface area (Å²) < 4.78 is 0. The van der Waals surface area contributed by atoms with Crippen molar-refractivity contribution in [2.45, 2.75) is 32.1 Å². The minimum Gasteiger partial charge on any atom is -0.478 e. The number of fused-ring (bicyclic) bond motifs is 1. The van der Waals surface area contributed by atoms with Crippen LogP contribution in [0, 0.1) is 11.8 Å². The Balaban J connectivity index is 1.81. The topological polar surface area (TPSA) is 53.4 Å². The number of piperidine rings is 1. The molecule has 2 aliphatic rings. The van der Waals surface area contributed by atoms with Crippen molar-refractivity contribution >= 4 is 11.7 Å². The Hall–Kier alpha value is -1.58. The molecule has 2 atom stereocenters. The van der Waals surface area contributed by atoms with Crippen LogP contribution in [0.25, 0.3) is 0 Å². The number of carbonyl (C=O) groups is 1. The molecule has 1 saturated heterocycles. The first kappa shape index (κ1) is 12.5. The molecule has 0 amide bonds. The molecule has 1 aromatic rings. The minimum absolute atomic E-state index is 0.379. The lowest BCUT2D eigenvalue weighted by molar-refractivity contribution is 0.0697. The van der Waals surface area contributed by atoms with Crippen molar-refractivity contribution in [3.8, 4) is 0 Å². The fourth-order valence-corrected chi connectivity index (χ4v) is 3.64. The maximum Gasteiger partial charge on any atom is 0.337 e. The Labute approximate surface area is 113 Å². The van der Waals surface area contributed by atoms with E-state index >= 15 is 0 Å². The van der Waals surface area contributed by atoms with Crippen molar-refractivity contribution in [1.29, 1.82) is 0 Å². The molecule has 2 heterocycles. The number of carboxylic acid groups (broad SMARTS) is 1. The van der Waals surface area contributed by atoms with E-state index in [9.17, 15) is 9.90 Å². The van der Waals surface area contributed by atoms with E-state index in [0.717, 1.165) is 30.6 Å². The van der Waals surface area contributed by atoms with Crippen molar-refractivity contribution < 1.29 is 9.90 Å². The van der Waals surface area contributed by atoms with Crippen LogP contribution in [0.3, 0.4) is 0 Å². The van der Waals surface area contributed by atoms with Gasteiger partial charge in [0.15, 0.2) is 0 Å². The van der Waals surface area contributed by atoms with Crippen LogP contribution in [0.2, 0.25) is 0 Å². The molecule has 1 aliphatic carbocycles. The number of hydrogen-bond donors (Lipinski definition) is 1. The molecule has 0 aromatic carbocycles. The van der Waals surface area contributed by atoms with Crippen molar-refractivity contribution in [3.63, 3.8) is 0 Å². The molecule has 1 aliphatic heterocycles. The number of rotatable bonds is 2. The normalized spacial score (nSPS) is 26.8. The Bertz CT molecular complexity index is 475. The van der Waals surface area contributed by atoms with Crippen LogP contribution in [0.5, 0.6) is 0 Å². The highest BCUT2D eigenvalue weighted by Gasteiger charge is 2.32. The first-order valence-corrected chi connectivity index (χ1v) is 7.18. The second-order valence-corrected chi connectivity index (χ2v) is 5.74. The summed E-state index contributed by atoms with van der Waals surface area (Å²) in [7, 11) is 0. The highest BCUT2D eigenvalue weighted by atomic mass is 16.4. The van der Waals surface area contributed by atoms with Crippen molar-refractivity contribution in [1.82, 2.24) is 4.98 Å². The van der Waals surface area contributed by atoms with E-state index < -0.39 is 5.97 Å². The third-order valence-electron chi connectivity index (χ3n) is 4.66. The van der Waals surface area contributed by atoms with Crippen molar-refractivity contribution in [2.75, 3.05) is 18.0 Å². The Morgan fingerprint density at radius 1 is 1.26 bits per heavy atom. The summed E-state index contributed by atoms with van der Waals surface area (Å²) in [6.45, 7) is 1.96. The van der Waals surface area contributed by atoms with Crippen molar-refractivity contribution in [2.24, 2.45) is 11.8 Å². The van der Waals surface area contributed by atoms with Gasteiger partial charge in [0.2, 0.25) is 0 Å². The fourth-order valence-electron chi connectivity index (χ4n) is 3.64. The van der Waals surface area contributed by atoms with Crippen LogP contribution in [0.1, 0.15) is 42.5 Å². The largest absolute Gasteiger partial charge is 0.478 e. The molecule has 2 unspecified atom stereocenters. The molecule has 0 spiro atoms. The van der Waals surface area contributed by atoms with Crippen LogP contribution in [0.15, 0.2) is 18.5 Å². The Morgan fingerprint density at radius 2 is 2.05 bits per heavy atom. The summed E-state index contributed by atoms with van der Waals surface area (Å²) in [5, 5.41) is 9.27. The van der Waals surface area contributed by atoms with Crippen LogP contribution >= 0.6 is 0 Å². The van der Waals surface area contributed by atoms with Gasteiger partial charge in [0.25, 0.3) is 0 Å². The molecule has 0 radical (unpaired) electrons. The van der Waals surface area contributed by atoms with Gasteiger partial charge in [-0.25, -0.2) is 4.79 Å². The molecule has 102 valence electrons. The highest BCUT2D eigenvalue weighted by molar-refractivity contribution is 5.94. The lowest BCUT2D eigenvalue weighted by atomic mass is 9.75. The fraction of sp³-hybridized carbons (Fsp3) is 0.600. The summed E-state index contributed by atoms with van der Waals surface area (Å²) in [6, 6.07) is 1.60. The zero-order valence-electron chi connectivity index (χ0n) is 11.1. The third-order valence-corrected chi connectivity index (χ3v) is 4.66. The van der Waals surface area contributed by atoms with Gasteiger partial charge in [-0.3, -0.25) is 4.98 Å². The molecule has 19 heavy (non-hydrogen) atoms. The van der Waals surface area contributed by atoms with Crippen molar-refractivity contribution in [3.05, 3.63) is 24.0 Å². The van der Waals surface area contributed by atoms with Gasteiger partial charge in [0, 0.05) is 19.3 Å². The summed E-state index contributed by atoms with van der Waals surface area (Å²) in [5.41, 5.74) is 1.17. The molecule has 1 N–H and O–H groups in total. The Morgan fingerprint density at radius 3 is 2.84 bits per heavy atom. The molecule has 3 rings (SSSR count). The Kier molecular flexibility index (Phi) is 3.40. The molecule has 1 saturated carbocycles. The number of pyridine rings is 1. The summed E-state index contributed by atoms with van der Waals surface area (Å²) >= 11 is 0. The van der Waals surface area contributed by atoms with E-state index in [0.29, 0.717) is 5.56 Å². The van der Waals surface area contributed by atoms with Crippen LogP contribution in [-0.4, -0.2) is 29.1 Å². The number of carboxylic acids is 1. The third kappa shape index (κ3) is 2.44. The van der Waals surface area contributed by atoms with Crippen LogP contribution in [0.4, 0.5) is 5.69 Å². The SMILES string of the molecule is O=C(O)c1ccncc1N1CCC2CCCCC2C1. The molecule has 1 aromatic heterocycles. The number of nitrogens with zero attached hydrogens (tertiary/aromatic N) is 2. The molecular weight excluding hydrogens is 240 g/mol. The van der Waals surface area contributed by atoms with Gasteiger partial charge in [-0.2, -0.15) is 0 Å². The standard InChI is InChI=1S/C15H20N2O2/c18-15(19)13-5-7-16-9-14(13)17-8-6-11-3-1-2-4-12(11)10-17/h5,7,9,11-12H,1-4,6,8,10H2,(H,18,19). The maximum absolute atomic E-state index is 11.3. The minimum atomic E-state index is -0.858. The van der Waals surface area contributed by atoms with E-state index in [1.807, 2.05) is 0 Å². The predicted octanol–water partition coefficient (Wildman–Crippen LogP) is 2.80. The number of hydrogen-bond acceptors (Lipinski definition) is 3. The van der Waals surface area contributed by atoms with Gasteiger partial charge in [-0.05, 0) is 30.7 Å². The smallest absolute Gasteiger partial charge is 0.337 e. The lowest BCUT2D eigenvalue weighted by Crippen LogP contribution is -2.42. The van der Waals surface area contributed by atoms with Gasteiger partial charge in [-0.15, -0.1) is 0 Å². The van der Waals surface area contributed by atoms with Crippen LogP contribution < -0.4 is 4.90 Å². The summed E-state index contributed by atoms with van der Waals surface area (Å²) in [4.78, 5) is 17.6. The number of aromatic carboxylic acids is 1. The molecule has 4 heteroatoms. The van der Waals surface area contributed by atoms with E-state index in [-0.39, 0.29) is 0 Å². The second-order valence-electron chi connectivity index (χ2n) is 5.74. The van der Waals surface area contributed by atoms with Gasteiger partial charge in [0.05, 0.1) is 17.4 Å². The van der Waals surface area contributed by atoms with E-state index in [4.69, 9.17) is 0 Å². The quantitative estimate of drug-likeness (QED) is 0.888. The van der Waals surface area contributed by atoms with E-state index in [2.05, 4.69) is 9.88 Å². The predicted molar refractivity (Wildman–Crippen MR) is 73.5 cm³/mol. The zero-order chi connectivity index (χ0) is 13.2. The average molecular weight is 260 g/mol. The molecule has 0 bridgehead atoms. The molecular formula is C15H20N2O2. The number of anilines is 1. The first-order chi connectivity index (χ1) is 9.25.